The maximum absolute atomic E-state index is 12.1. The third-order valence-electron chi connectivity index (χ3n) is 3.72. The number of carbonyl (C=O) groups is 2. The monoisotopic (exact) mass is 355 g/mol. The number of likely N-dealkylation sites (tertiary alicyclic amines) is 1. The Morgan fingerprint density at radius 2 is 2.14 bits per heavy atom. The van der Waals surface area contributed by atoms with Crippen molar-refractivity contribution in [3.05, 3.63) is 28.2 Å². The Kier molecular flexibility index (Phi) is 4.88. The number of aliphatic carboxylic acids is 1. The van der Waals surface area contributed by atoms with Crippen molar-refractivity contribution in [2.24, 2.45) is 11.8 Å². The van der Waals surface area contributed by atoms with Crippen molar-refractivity contribution in [1.29, 1.82) is 0 Å². The number of carboxylic acids is 1. The van der Waals surface area contributed by atoms with Gasteiger partial charge in [0.1, 0.15) is 5.75 Å². The smallest absolute Gasteiger partial charge is 0.308 e. The van der Waals surface area contributed by atoms with E-state index < -0.39 is 11.9 Å². The summed E-state index contributed by atoms with van der Waals surface area (Å²) in [5.74, 6) is -0.938. The fourth-order valence-corrected chi connectivity index (χ4v) is 3.05. The van der Waals surface area contributed by atoms with Crippen molar-refractivity contribution in [2.75, 3.05) is 19.7 Å². The van der Waals surface area contributed by atoms with Gasteiger partial charge in [0.2, 0.25) is 0 Å². The maximum atomic E-state index is 12.1. The van der Waals surface area contributed by atoms with Gasteiger partial charge in [-0.3, -0.25) is 9.59 Å². The minimum Gasteiger partial charge on any atom is -0.483 e. The van der Waals surface area contributed by atoms with Crippen LogP contribution in [0.15, 0.2) is 22.7 Å². The van der Waals surface area contributed by atoms with E-state index in [1.165, 1.54) is 0 Å². The molecule has 6 heteroatoms. The quantitative estimate of drug-likeness (QED) is 0.899. The van der Waals surface area contributed by atoms with Crippen LogP contribution in [-0.2, 0) is 9.59 Å². The molecule has 0 unspecified atom stereocenters. The summed E-state index contributed by atoms with van der Waals surface area (Å²) >= 11 is 3.39. The summed E-state index contributed by atoms with van der Waals surface area (Å²) in [5.41, 5.74) is 1.10. The van der Waals surface area contributed by atoms with E-state index in [1.54, 1.807) is 11.0 Å². The number of rotatable bonds is 4. The summed E-state index contributed by atoms with van der Waals surface area (Å²) in [6, 6.07) is 5.63. The lowest BCUT2D eigenvalue weighted by Gasteiger charge is -2.16. The molecule has 1 N–H and O–H groups in total. The van der Waals surface area contributed by atoms with Crippen molar-refractivity contribution in [3.8, 4) is 5.75 Å². The van der Waals surface area contributed by atoms with Crippen molar-refractivity contribution >= 4 is 27.8 Å². The maximum Gasteiger partial charge on any atom is 0.308 e. The van der Waals surface area contributed by atoms with Crippen molar-refractivity contribution in [2.45, 2.75) is 13.8 Å². The lowest BCUT2D eigenvalue weighted by atomic mass is 9.99. The zero-order valence-corrected chi connectivity index (χ0v) is 13.6. The van der Waals surface area contributed by atoms with E-state index in [1.807, 2.05) is 26.0 Å². The van der Waals surface area contributed by atoms with Gasteiger partial charge in [0, 0.05) is 13.1 Å². The Bertz CT molecular complexity index is 561. The molecule has 1 fully saturated rings. The highest BCUT2D eigenvalue weighted by Crippen LogP contribution is 2.26. The average Bonchev–Trinajstić information content (AvgIpc) is 2.80. The number of amides is 1. The topological polar surface area (TPSA) is 66.8 Å². The molecule has 0 saturated carbocycles. The zero-order chi connectivity index (χ0) is 15.6. The molecule has 114 valence electrons. The van der Waals surface area contributed by atoms with Crippen LogP contribution in [0.4, 0.5) is 0 Å². The molecular weight excluding hydrogens is 338 g/mol. The average molecular weight is 356 g/mol. The van der Waals surface area contributed by atoms with Gasteiger partial charge in [0.15, 0.2) is 6.61 Å². The Morgan fingerprint density at radius 3 is 2.71 bits per heavy atom. The van der Waals surface area contributed by atoms with E-state index in [4.69, 9.17) is 9.84 Å². The standard InChI is InChI=1S/C15H18BrNO4/c1-9-3-4-13(12(16)5-9)21-8-14(18)17-6-10(2)11(7-17)15(19)20/h3-5,10-11H,6-8H2,1-2H3,(H,19,20)/t10-,11-/m1/s1. The van der Waals surface area contributed by atoms with Gasteiger partial charge in [-0.05, 0) is 46.5 Å². The van der Waals surface area contributed by atoms with Crippen LogP contribution in [0.1, 0.15) is 12.5 Å². The molecule has 0 aromatic heterocycles. The summed E-state index contributed by atoms with van der Waals surface area (Å²) < 4.78 is 6.31. The fourth-order valence-electron chi connectivity index (χ4n) is 2.45. The molecule has 0 bridgehead atoms. The SMILES string of the molecule is Cc1ccc(OCC(=O)N2C[C@@H](C)[C@H](C(=O)O)C2)c(Br)c1. The Hall–Kier alpha value is -1.56. The molecule has 0 radical (unpaired) electrons. The Morgan fingerprint density at radius 1 is 1.43 bits per heavy atom. The molecule has 0 aliphatic carbocycles. The van der Waals surface area contributed by atoms with Crippen molar-refractivity contribution in [1.82, 2.24) is 4.90 Å². The van der Waals surface area contributed by atoms with Crippen LogP contribution in [0.25, 0.3) is 0 Å². The summed E-state index contributed by atoms with van der Waals surface area (Å²) in [6.45, 7) is 4.46. The highest BCUT2D eigenvalue weighted by Gasteiger charge is 2.36. The molecule has 1 aliphatic heterocycles. The number of hydrogen-bond donors (Lipinski definition) is 1. The van der Waals surface area contributed by atoms with Crippen LogP contribution < -0.4 is 4.74 Å². The summed E-state index contributed by atoms with van der Waals surface area (Å²) in [5, 5.41) is 9.08. The predicted octanol–water partition coefficient (Wildman–Crippen LogP) is 2.32. The molecule has 1 saturated heterocycles. The second-order valence-corrected chi connectivity index (χ2v) is 6.30. The lowest BCUT2D eigenvalue weighted by molar-refractivity contribution is -0.142. The highest BCUT2D eigenvalue weighted by molar-refractivity contribution is 9.10. The number of aryl methyl sites for hydroxylation is 1. The first kappa shape index (κ1) is 15.8. The van der Waals surface area contributed by atoms with Crippen LogP contribution in [0.5, 0.6) is 5.75 Å². The number of carbonyl (C=O) groups excluding carboxylic acids is 1. The molecule has 1 aromatic rings. The van der Waals surface area contributed by atoms with Gasteiger partial charge in [0.05, 0.1) is 10.4 Å². The first-order valence-corrected chi connectivity index (χ1v) is 7.57. The van der Waals surface area contributed by atoms with Gasteiger partial charge in [0.25, 0.3) is 5.91 Å². The fraction of sp³-hybridized carbons (Fsp3) is 0.467. The second kappa shape index (κ2) is 6.47. The van der Waals surface area contributed by atoms with E-state index in [0.717, 1.165) is 10.0 Å². The molecule has 1 aromatic carbocycles. The number of benzene rings is 1. The van der Waals surface area contributed by atoms with Crippen LogP contribution in [0.2, 0.25) is 0 Å². The summed E-state index contributed by atoms with van der Waals surface area (Å²) in [7, 11) is 0. The molecule has 2 atom stereocenters. The lowest BCUT2D eigenvalue weighted by Crippen LogP contribution is -2.33. The molecule has 21 heavy (non-hydrogen) atoms. The molecule has 2 rings (SSSR count). The Balaban J connectivity index is 1.92. The van der Waals surface area contributed by atoms with E-state index in [2.05, 4.69) is 15.9 Å². The van der Waals surface area contributed by atoms with Gasteiger partial charge < -0.3 is 14.7 Å². The second-order valence-electron chi connectivity index (χ2n) is 5.44. The molecule has 0 spiro atoms. The number of nitrogens with zero attached hydrogens (tertiary/aromatic N) is 1. The first-order valence-electron chi connectivity index (χ1n) is 6.78. The number of hydrogen-bond acceptors (Lipinski definition) is 3. The molecule has 1 amide bonds. The van der Waals surface area contributed by atoms with Gasteiger partial charge in [-0.1, -0.05) is 13.0 Å². The van der Waals surface area contributed by atoms with Crippen molar-refractivity contribution in [3.63, 3.8) is 0 Å². The first-order chi connectivity index (χ1) is 9.88. The van der Waals surface area contributed by atoms with Crippen LogP contribution in [0, 0.1) is 18.8 Å². The number of ether oxygens (including phenoxy) is 1. The zero-order valence-electron chi connectivity index (χ0n) is 12.0. The number of carboxylic acid groups (broad SMARTS) is 1. The van der Waals surface area contributed by atoms with E-state index in [0.29, 0.717) is 12.3 Å². The van der Waals surface area contributed by atoms with Gasteiger partial charge in [-0.2, -0.15) is 0 Å². The summed E-state index contributed by atoms with van der Waals surface area (Å²) in [6.07, 6.45) is 0. The normalized spacial score (nSPS) is 21.4. The summed E-state index contributed by atoms with van der Waals surface area (Å²) in [4.78, 5) is 24.7. The van der Waals surface area contributed by atoms with Crippen molar-refractivity contribution < 1.29 is 19.4 Å². The van der Waals surface area contributed by atoms with Gasteiger partial charge >= 0.3 is 5.97 Å². The Labute approximate surface area is 132 Å². The highest BCUT2D eigenvalue weighted by atomic mass is 79.9. The largest absolute Gasteiger partial charge is 0.483 e. The molecular formula is C15H18BrNO4. The molecule has 1 heterocycles. The molecule has 5 nitrogen and oxygen atoms in total. The molecule has 1 aliphatic rings. The van der Waals surface area contributed by atoms with Gasteiger partial charge in [-0.25, -0.2) is 0 Å². The number of halogens is 1. The van der Waals surface area contributed by atoms with Crippen LogP contribution >= 0.6 is 15.9 Å². The van der Waals surface area contributed by atoms with Crippen LogP contribution in [-0.4, -0.2) is 41.6 Å². The third-order valence-corrected chi connectivity index (χ3v) is 4.34. The third kappa shape index (κ3) is 3.75. The van der Waals surface area contributed by atoms with E-state index in [-0.39, 0.29) is 25.0 Å². The predicted molar refractivity (Wildman–Crippen MR) is 81.2 cm³/mol. The minimum atomic E-state index is -0.847. The van der Waals surface area contributed by atoms with E-state index >= 15 is 0 Å². The minimum absolute atomic E-state index is 0.0300. The van der Waals surface area contributed by atoms with E-state index in [9.17, 15) is 9.59 Å². The van der Waals surface area contributed by atoms with Crippen LogP contribution in [0.3, 0.4) is 0 Å². The van der Waals surface area contributed by atoms with Gasteiger partial charge in [-0.15, -0.1) is 0 Å².